The molecule has 2 heterocycles. The molecule has 1 fully saturated rings. The van der Waals surface area contributed by atoms with Crippen LogP contribution in [0.3, 0.4) is 0 Å². The molecule has 5 heteroatoms. The maximum atomic E-state index is 6.15. The highest BCUT2D eigenvalue weighted by Gasteiger charge is 2.23. The zero-order valence-corrected chi connectivity index (χ0v) is 11.7. The van der Waals surface area contributed by atoms with Crippen LogP contribution in [0.15, 0.2) is 22.0 Å². The zero-order chi connectivity index (χ0) is 13.1. The van der Waals surface area contributed by atoms with E-state index >= 15 is 0 Å². The number of nitrogens with two attached hydrogens (primary N) is 1. The monoisotopic (exact) mass is 277 g/mol. The predicted molar refractivity (Wildman–Crippen MR) is 75.1 cm³/mol. The van der Waals surface area contributed by atoms with Crippen molar-refractivity contribution < 1.29 is 4.52 Å². The van der Waals surface area contributed by atoms with Gasteiger partial charge >= 0.3 is 0 Å². The number of hydrogen-bond donors (Lipinski definition) is 1. The molecule has 0 saturated heterocycles. The second kappa shape index (κ2) is 5.84. The Kier molecular flexibility index (Phi) is 3.94. The van der Waals surface area contributed by atoms with Crippen LogP contribution in [-0.4, -0.2) is 10.1 Å². The van der Waals surface area contributed by atoms with Gasteiger partial charge in [0.25, 0.3) is 0 Å². The van der Waals surface area contributed by atoms with E-state index in [1.54, 1.807) is 11.3 Å². The Morgan fingerprint density at radius 2 is 2.05 bits per heavy atom. The molecule has 1 aliphatic carbocycles. The van der Waals surface area contributed by atoms with Crippen molar-refractivity contribution in [2.75, 3.05) is 0 Å². The number of thiophene rings is 1. The number of rotatable bonds is 3. The third-order valence-corrected chi connectivity index (χ3v) is 4.75. The highest BCUT2D eigenvalue weighted by molar-refractivity contribution is 7.10. The molecular formula is C14H19N3OS. The number of hydrogen-bond acceptors (Lipinski definition) is 5. The molecule has 4 nitrogen and oxygen atoms in total. The molecule has 0 radical (unpaired) electrons. The summed E-state index contributed by atoms with van der Waals surface area (Å²) in [6, 6.07) is 3.71. The Hall–Kier alpha value is -1.20. The minimum absolute atomic E-state index is 0.285. The highest BCUT2D eigenvalue weighted by Crippen LogP contribution is 2.31. The van der Waals surface area contributed by atoms with E-state index in [0.717, 1.165) is 10.7 Å². The molecule has 1 saturated carbocycles. The van der Waals surface area contributed by atoms with Gasteiger partial charge in [-0.1, -0.05) is 36.9 Å². The third kappa shape index (κ3) is 2.87. The Labute approximate surface area is 117 Å². The third-order valence-electron chi connectivity index (χ3n) is 3.79. The minimum atomic E-state index is -0.285. The van der Waals surface area contributed by atoms with Crippen molar-refractivity contribution in [3.63, 3.8) is 0 Å². The summed E-state index contributed by atoms with van der Waals surface area (Å²) < 4.78 is 5.36. The largest absolute Gasteiger partial charge is 0.337 e. The van der Waals surface area contributed by atoms with Gasteiger partial charge in [0.1, 0.15) is 6.04 Å². The highest BCUT2D eigenvalue weighted by atomic mass is 32.1. The van der Waals surface area contributed by atoms with Gasteiger partial charge in [0, 0.05) is 10.8 Å². The number of nitrogens with zero attached hydrogens (tertiary/aromatic N) is 2. The summed E-state index contributed by atoms with van der Waals surface area (Å²) in [7, 11) is 0. The van der Waals surface area contributed by atoms with E-state index in [-0.39, 0.29) is 6.04 Å². The quantitative estimate of drug-likeness (QED) is 0.870. The second-order valence-corrected chi connectivity index (χ2v) is 6.15. The summed E-state index contributed by atoms with van der Waals surface area (Å²) in [6.07, 6.45) is 7.54. The molecule has 1 aliphatic rings. The molecule has 0 amide bonds. The fourth-order valence-electron chi connectivity index (χ4n) is 2.67. The van der Waals surface area contributed by atoms with Crippen LogP contribution in [0.1, 0.15) is 67.1 Å². The van der Waals surface area contributed by atoms with Crippen molar-refractivity contribution in [3.8, 4) is 0 Å². The first-order chi connectivity index (χ1) is 9.34. The van der Waals surface area contributed by atoms with Gasteiger partial charge in [-0.3, -0.25) is 0 Å². The maximum absolute atomic E-state index is 6.15. The summed E-state index contributed by atoms with van der Waals surface area (Å²) in [6.45, 7) is 0. The van der Waals surface area contributed by atoms with Crippen molar-refractivity contribution in [1.29, 1.82) is 0 Å². The predicted octanol–water partition coefficient (Wildman–Crippen LogP) is 3.62. The Morgan fingerprint density at radius 1 is 1.26 bits per heavy atom. The lowest BCUT2D eigenvalue weighted by molar-refractivity contribution is 0.358. The average Bonchev–Trinajstić information content (AvgIpc) is 3.05. The lowest BCUT2D eigenvalue weighted by Gasteiger charge is -2.07. The van der Waals surface area contributed by atoms with Crippen LogP contribution in [-0.2, 0) is 0 Å². The van der Waals surface area contributed by atoms with Gasteiger partial charge < -0.3 is 10.3 Å². The maximum Gasteiger partial charge on any atom is 0.248 e. The molecule has 0 bridgehead atoms. The van der Waals surface area contributed by atoms with Gasteiger partial charge in [-0.15, -0.1) is 11.3 Å². The van der Waals surface area contributed by atoms with Crippen LogP contribution < -0.4 is 5.73 Å². The summed E-state index contributed by atoms with van der Waals surface area (Å²) in [5, 5.41) is 6.16. The van der Waals surface area contributed by atoms with Gasteiger partial charge in [-0.25, -0.2) is 0 Å². The first kappa shape index (κ1) is 12.8. The van der Waals surface area contributed by atoms with Crippen LogP contribution in [0.25, 0.3) is 0 Å². The van der Waals surface area contributed by atoms with Gasteiger partial charge in [0.05, 0.1) is 0 Å². The Morgan fingerprint density at radius 3 is 2.74 bits per heavy atom. The fraction of sp³-hybridized carbons (Fsp3) is 0.571. The molecular weight excluding hydrogens is 258 g/mol. The molecule has 2 aromatic rings. The molecule has 0 aliphatic heterocycles. The summed E-state index contributed by atoms with van der Waals surface area (Å²) in [5.41, 5.74) is 6.15. The first-order valence-corrected chi connectivity index (χ1v) is 7.85. The minimum Gasteiger partial charge on any atom is -0.337 e. The van der Waals surface area contributed by atoms with Crippen LogP contribution in [0.4, 0.5) is 0 Å². The lowest BCUT2D eigenvalue weighted by atomic mass is 10.00. The van der Waals surface area contributed by atoms with E-state index in [2.05, 4.69) is 10.1 Å². The van der Waals surface area contributed by atoms with Crippen LogP contribution in [0.5, 0.6) is 0 Å². The van der Waals surface area contributed by atoms with Crippen molar-refractivity contribution in [3.05, 3.63) is 34.1 Å². The first-order valence-electron chi connectivity index (χ1n) is 6.97. The summed E-state index contributed by atoms with van der Waals surface area (Å²) >= 11 is 1.62. The molecule has 3 rings (SSSR count). The topological polar surface area (TPSA) is 64.9 Å². The molecule has 1 atom stereocenters. The molecule has 0 aromatic carbocycles. The van der Waals surface area contributed by atoms with E-state index in [1.807, 2.05) is 17.5 Å². The van der Waals surface area contributed by atoms with Gasteiger partial charge in [-0.05, 0) is 24.3 Å². The van der Waals surface area contributed by atoms with E-state index in [1.165, 1.54) is 38.5 Å². The molecule has 2 aromatic heterocycles. The summed E-state index contributed by atoms with van der Waals surface area (Å²) in [4.78, 5) is 5.60. The Balaban J connectivity index is 1.75. The smallest absolute Gasteiger partial charge is 0.248 e. The standard InChI is InChI=1S/C14H19N3OS/c15-12(11-8-5-9-19-11)14-16-13(17-18-14)10-6-3-1-2-4-7-10/h5,8-10,12H,1-4,6-7,15H2. The number of aromatic nitrogens is 2. The average molecular weight is 277 g/mol. The van der Waals surface area contributed by atoms with Gasteiger partial charge in [-0.2, -0.15) is 4.98 Å². The van der Waals surface area contributed by atoms with Crippen LogP contribution >= 0.6 is 11.3 Å². The van der Waals surface area contributed by atoms with Gasteiger partial charge in [0.2, 0.25) is 5.89 Å². The van der Waals surface area contributed by atoms with Crippen molar-refractivity contribution in [2.45, 2.75) is 50.5 Å². The lowest BCUT2D eigenvalue weighted by Crippen LogP contribution is -2.11. The van der Waals surface area contributed by atoms with Crippen molar-refractivity contribution in [2.24, 2.45) is 5.73 Å². The van der Waals surface area contributed by atoms with E-state index in [4.69, 9.17) is 10.3 Å². The molecule has 0 spiro atoms. The molecule has 102 valence electrons. The summed E-state index contributed by atoms with van der Waals surface area (Å²) in [5.74, 6) is 1.85. The van der Waals surface area contributed by atoms with Gasteiger partial charge in [0.15, 0.2) is 5.82 Å². The zero-order valence-electron chi connectivity index (χ0n) is 10.9. The van der Waals surface area contributed by atoms with Crippen LogP contribution in [0.2, 0.25) is 0 Å². The SMILES string of the molecule is NC(c1nc(C2CCCCCC2)no1)c1cccs1. The van der Waals surface area contributed by atoms with E-state index in [0.29, 0.717) is 11.8 Å². The molecule has 2 N–H and O–H groups in total. The van der Waals surface area contributed by atoms with Crippen LogP contribution in [0, 0.1) is 0 Å². The molecule has 19 heavy (non-hydrogen) atoms. The Bertz CT molecular complexity index is 501. The molecule has 1 unspecified atom stereocenters. The van der Waals surface area contributed by atoms with E-state index < -0.39 is 0 Å². The fourth-order valence-corrected chi connectivity index (χ4v) is 3.39. The van der Waals surface area contributed by atoms with Crippen molar-refractivity contribution >= 4 is 11.3 Å². The van der Waals surface area contributed by atoms with Crippen molar-refractivity contribution in [1.82, 2.24) is 10.1 Å². The van der Waals surface area contributed by atoms with E-state index in [9.17, 15) is 0 Å². The second-order valence-electron chi connectivity index (χ2n) is 5.17. The normalized spacial score (nSPS) is 19.2.